The van der Waals surface area contributed by atoms with Gasteiger partial charge in [0.2, 0.25) is 15.9 Å². The minimum atomic E-state index is -3.68. The van der Waals surface area contributed by atoms with Gasteiger partial charge in [0.05, 0.1) is 5.69 Å². The average Bonchev–Trinajstić information content (AvgIpc) is 2.46. The highest BCUT2D eigenvalue weighted by atomic mass is 32.2. The van der Waals surface area contributed by atoms with Crippen molar-refractivity contribution in [3.63, 3.8) is 0 Å². The monoisotopic (exact) mass is 347 g/mol. The molecule has 6 nitrogen and oxygen atoms in total. The minimum absolute atomic E-state index is 0.0180. The molecule has 1 aromatic carbocycles. The first-order chi connectivity index (χ1) is 9.90. The van der Waals surface area contributed by atoms with Crippen LogP contribution in [0.3, 0.4) is 0 Å². The standard InChI is InChI=1S/C12H17N3O3S3/c13-10-5-8(12(14)16)1-2-11(10)21(17,18)15-6-9-7-19-3-4-20-9/h1-2,5,9,15H,3-4,6-7,13H2,(H2,14,16). The van der Waals surface area contributed by atoms with Crippen molar-refractivity contribution in [3.05, 3.63) is 23.8 Å². The van der Waals surface area contributed by atoms with E-state index in [1.165, 1.54) is 18.2 Å². The molecule has 0 spiro atoms. The molecule has 1 heterocycles. The number of amides is 1. The summed E-state index contributed by atoms with van der Waals surface area (Å²) in [6, 6.07) is 3.95. The Morgan fingerprint density at radius 3 is 2.71 bits per heavy atom. The number of nitrogens with one attached hydrogen (secondary N) is 1. The molecule has 1 aliphatic rings. The molecule has 9 heteroatoms. The summed E-state index contributed by atoms with van der Waals surface area (Å²) in [4.78, 5) is 11.0. The number of nitrogens with two attached hydrogens (primary N) is 2. The van der Waals surface area contributed by atoms with Gasteiger partial charge in [-0.05, 0) is 18.2 Å². The SMILES string of the molecule is NC(=O)c1ccc(S(=O)(=O)NCC2CSCCS2)c(N)c1. The van der Waals surface area contributed by atoms with Crippen LogP contribution >= 0.6 is 23.5 Å². The zero-order valence-corrected chi connectivity index (χ0v) is 13.7. The molecule has 1 amide bonds. The molecule has 1 unspecified atom stereocenters. The van der Waals surface area contributed by atoms with Crippen LogP contribution in [0.5, 0.6) is 0 Å². The van der Waals surface area contributed by atoms with Gasteiger partial charge in [-0.2, -0.15) is 23.5 Å². The Labute approximate surface area is 132 Å². The van der Waals surface area contributed by atoms with Crippen molar-refractivity contribution in [3.8, 4) is 0 Å². The lowest BCUT2D eigenvalue weighted by Crippen LogP contribution is -2.33. The molecule has 1 saturated heterocycles. The van der Waals surface area contributed by atoms with Gasteiger partial charge in [0, 0.05) is 34.6 Å². The Bertz CT molecular complexity index is 628. The van der Waals surface area contributed by atoms with Crippen molar-refractivity contribution in [2.75, 3.05) is 29.5 Å². The first-order valence-electron chi connectivity index (χ1n) is 6.28. The molecule has 2 rings (SSSR count). The van der Waals surface area contributed by atoms with E-state index in [-0.39, 0.29) is 21.4 Å². The first kappa shape index (κ1) is 16.5. The van der Waals surface area contributed by atoms with E-state index in [4.69, 9.17) is 11.5 Å². The predicted octanol–water partition coefficient (Wildman–Crippen LogP) is 0.495. The molecule has 1 atom stereocenters. The molecule has 0 aromatic heterocycles. The third-order valence-electron chi connectivity index (χ3n) is 2.97. The van der Waals surface area contributed by atoms with Gasteiger partial charge >= 0.3 is 0 Å². The molecule has 0 bridgehead atoms. The summed E-state index contributed by atoms with van der Waals surface area (Å²) in [5.74, 6) is 2.43. The maximum Gasteiger partial charge on any atom is 0.248 e. The van der Waals surface area contributed by atoms with Crippen LogP contribution in [0.4, 0.5) is 5.69 Å². The number of rotatable bonds is 5. The van der Waals surface area contributed by atoms with Crippen LogP contribution in [-0.2, 0) is 10.0 Å². The van der Waals surface area contributed by atoms with E-state index in [0.717, 1.165) is 17.3 Å². The Balaban J connectivity index is 2.10. The second kappa shape index (κ2) is 6.91. The van der Waals surface area contributed by atoms with Crippen LogP contribution in [0, 0.1) is 0 Å². The maximum atomic E-state index is 12.3. The summed E-state index contributed by atoms with van der Waals surface area (Å²) in [5.41, 5.74) is 11.1. The van der Waals surface area contributed by atoms with Gasteiger partial charge in [-0.15, -0.1) is 0 Å². The van der Waals surface area contributed by atoms with Gasteiger partial charge < -0.3 is 11.5 Å². The number of nitrogen functional groups attached to an aromatic ring is 1. The van der Waals surface area contributed by atoms with Crippen molar-refractivity contribution in [2.45, 2.75) is 10.1 Å². The summed E-state index contributed by atoms with van der Waals surface area (Å²) in [6.45, 7) is 0.372. The Morgan fingerprint density at radius 1 is 1.38 bits per heavy atom. The minimum Gasteiger partial charge on any atom is -0.398 e. The van der Waals surface area contributed by atoms with Crippen LogP contribution in [-0.4, -0.2) is 43.4 Å². The van der Waals surface area contributed by atoms with Crippen LogP contribution < -0.4 is 16.2 Å². The molecule has 21 heavy (non-hydrogen) atoms. The second-order valence-electron chi connectivity index (χ2n) is 4.54. The molecule has 0 radical (unpaired) electrons. The molecule has 0 aliphatic carbocycles. The molecular formula is C12H17N3O3S3. The Hall–Kier alpha value is -0.900. The Morgan fingerprint density at radius 2 is 2.14 bits per heavy atom. The molecule has 1 fully saturated rings. The van der Waals surface area contributed by atoms with Crippen molar-refractivity contribution >= 4 is 45.1 Å². The van der Waals surface area contributed by atoms with E-state index in [0.29, 0.717) is 6.54 Å². The largest absolute Gasteiger partial charge is 0.398 e. The zero-order chi connectivity index (χ0) is 15.5. The van der Waals surface area contributed by atoms with E-state index >= 15 is 0 Å². The molecule has 1 aliphatic heterocycles. The number of anilines is 1. The quantitative estimate of drug-likeness (QED) is 0.668. The summed E-state index contributed by atoms with van der Waals surface area (Å²) in [7, 11) is -3.68. The molecule has 1 aromatic rings. The number of sulfonamides is 1. The molecular weight excluding hydrogens is 330 g/mol. The second-order valence-corrected chi connectivity index (χ2v) is 8.83. The number of thioether (sulfide) groups is 2. The zero-order valence-electron chi connectivity index (χ0n) is 11.2. The number of carbonyl (C=O) groups excluding carboxylic acids is 1. The summed E-state index contributed by atoms with van der Waals surface area (Å²) >= 11 is 3.60. The van der Waals surface area contributed by atoms with Gasteiger partial charge in [-0.3, -0.25) is 4.79 Å². The highest BCUT2D eigenvalue weighted by molar-refractivity contribution is 8.06. The highest BCUT2D eigenvalue weighted by Crippen LogP contribution is 2.24. The lowest BCUT2D eigenvalue weighted by atomic mass is 10.2. The third kappa shape index (κ3) is 4.29. The van der Waals surface area contributed by atoms with Crippen LogP contribution in [0.15, 0.2) is 23.1 Å². The predicted molar refractivity (Wildman–Crippen MR) is 88.1 cm³/mol. The van der Waals surface area contributed by atoms with E-state index in [2.05, 4.69) is 4.72 Å². The topological polar surface area (TPSA) is 115 Å². The maximum absolute atomic E-state index is 12.3. The van der Waals surface area contributed by atoms with Crippen LogP contribution in [0.1, 0.15) is 10.4 Å². The van der Waals surface area contributed by atoms with Crippen molar-refractivity contribution in [1.29, 1.82) is 0 Å². The number of hydrogen-bond acceptors (Lipinski definition) is 6. The molecule has 116 valence electrons. The van der Waals surface area contributed by atoms with Crippen LogP contribution in [0.25, 0.3) is 0 Å². The number of primary amides is 1. The van der Waals surface area contributed by atoms with E-state index < -0.39 is 15.9 Å². The van der Waals surface area contributed by atoms with E-state index in [1.54, 1.807) is 11.8 Å². The summed E-state index contributed by atoms with van der Waals surface area (Å²) in [6.07, 6.45) is 0. The smallest absolute Gasteiger partial charge is 0.248 e. The average molecular weight is 347 g/mol. The van der Waals surface area contributed by atoms with Crippen molar-refractivity contribution in [2.24, 2.45) is 5.73 Å². The van der Waals surface area contributed by atoms with E-state index in [9.17, 15) is 13.2 Å². The Kier molecular flexibility index (Phi) is 5.42. The molecule has 0 saturated carbocycles. The fourth-order valence-electron chi connectivity index (χ4n) is 1.88. The number of carbonyl (C=O) groups is 1. The number of benzene rings is 1. The van der Waals surface area contributed by atoms with Gasteiger partial charge in [0.25, 0.3) is 0 Å². The fourth-order valence-corrected chi connectivity index (χ4v) is 5.79. The highest BCUT2D eigenvalue weighted by Gasteiger charge is 2.21. The van der Waals surface area contributed by atoms with Crippen LogP contribution in [0.2, 0.25) is 0 Å². The lowest BCUT2D eigenvalue weighted by Gasteiger charge is -2.21. The summed E-state index contributed by atoms with van der Waals surface area (Å²) in [5, 5.41) is 0.268. The summed E-state index contributed by atoms with van der Waals surface area (Å²) < 4.78 is 27.1. The molecule has 5 N–H and O–H groups in total. The fraction of sp³-hybridized carbons (Fsp3) is 0.417. The van der Waals surface area contributed by atoms with Gasteiger partial charge in [-0.1, -0.05) is 0 Å². The normalized spacial score (nSPS) is 19.3. The van der Waals surface area contributed by atoms with Crippen molar-refractivity contribution < 1.29 is 13.2 Å². The third-order valence-corrected chi connectivity index (χ3v) is 7.31. The lowest BCUT2D eigenvalue weighted by molar-refractivity contribution is 0.1000. The van der Waals surface area contributed by atoms with Gasteiger partial charge in [0.15, 0.2) is 0 Å². The van der Waals surface area contributed by atoms with E-state index in [1.807, 2.05) is 11.8 Å². The van der Waals surface area contributed by atoms with Gasteiger partial charge in [-0.25, -0.2) is 13.1 Å². The first-order valence-corrected chi connectivity index (χ1v) is 9.97. The van der Waals surface area contributed by atoms with Gasteiger partial charge in [0.1, 0.15) is 4.90 Å². The van der Waals surface area contributed by atoms with Crippen molar-refractivity contribution in [1.82, 2.24) is 4.72 Å². The number of hydrogen-bond donors (Lipinski definition) is 3.